The average molecular weight is 284 g/mol. The van der Waals surface area contributed by atoms with Gasteiger partial charge in [0.05, 0.1) is 0 Å². The summed E-state index contributed by atoms with van der Waals surface area (Å²) in [5, 5.41) is 3.37. The highest BCUT2D eigenvalue weighted by Crippen LogP contribution is 2.29. The Bertz CT molecular complexity index is 382. The number of nitrogens with one attached hydrogen (secondary N) is 1. The molecule has 0 bridgehead atoms. The summed E-state index contributed by atoms with van der Waals surface area (Å²) in [6.07, 6.45) is 1.06. The molecule has 4 heteroatoms. The Morgan fingerprint density at radius 1 is 1.37 bits per heavy atom. The summed E-state index contributed by atoms with van der Waals surface area (Å²) in [7, 11) is 4.11. The fourth-order valence-corrected chi connectivity index (χ4v) is 3.15. The maximum absolute atomic E-state index is 14.0. The van der Waals surface area contributed by atoms with Crippen molar-refractivity contribution in [2.24, 2.45) is 0 Å². The fraction of sp³-hybridized carbons (Fsp3) is 0.600. The Kier molecular flexibility index (Phi) is 7.42. The number of hydrogen-bond donors (Lipinski definition) is 1. The summed E-state index contributed by atoms with van der Waals surface area (Å²) >= 11 is 1.73. The second kappa shape index (κ2) is 8.56. The van der Waals surface area contributed by atoms with Gasteiger partial charge in [-0.2, -0.15) is 0 Å². The number of halogens is 1. The molecule has 0 aliphatic heterocycles. The van der Waals surface area contributed by atoms with Gasteiger partial charge < -0.3 is 10.2 Å². The van der Waals surface area contributed by atoms with Gasteiger partial charge in [-0.3, -0.25) is 0 Å². The first kappa shape index (κ1) is 16.5. The number of thioether (sulfide) groups is 1. The van der Waals surface area contributed by atoms with E-state index >= 15 is 0 Å². The molecular weight excluding hydrogens is 259 g/mol. The van der Waals surface area contributed by atoms with Crippen LogP contribution in [0, 0.1) is 5.82 Å². The van der Waals surface area contributed by atoms with Gasteiger partial charge in [-0.25, -0.2) is 4.39 Å². The molecule has 0 fully saturated rings. The quantitative estimate of drug-likeness (QED) is 0.735. The van der Waals surface area contributed by atoms with Gasteiger partial charge in [0.1, 0.15) is 5.82 Å². The normalized spacial score (nSPS) is 12.9. The van der Waals surface area contributed by atoms with Crippen LogP contribution in [0.3, 0.4) is 0 Å². The average Bonchev–Trinajstić information content (AvgIpc) is 2.35. The van der Waals surface area contributed by atoms with Crippen LogP contribution in [-0.2, 0) is 0 Å². The number of hydrogen-bond acceptors (Lipinski definition) is 3. The van der Waals surface area contributed by atoms with Crippen molar-refractivity contribution in [1.29, 1.82) is 0 Å². The van der Waals surface area contributed by atoms with Gasteiger partial charge in [-0.15, -0.1) is 11.8 Å². The monoisotopic (exact) mass is 284 g/mol. The van der Waals surface area contributed by atoms with Gasteiger partial charge in [-0.1, -0.05) is 13.0 Å². The summed E-state index contributed by atoms with van der Waals surface area (Å²) in [6.45, 7) is 6.06. The van der Waals surface area contributed by atoms with Crippen molar-refractivity contribution < 1.29 is 4.39 Å². The van der Waals surface area contributed by atoms with E-state index in [0.29, 0.717) is 0 Å². The van der Waals surface area contributed by atoms with Crippen LogP contribution in [0.15, 0.2) is 23.1 Å². The molecule has 1 aromatic rings. The van der Waals surface area contributed by atoms with Crippen molar-refractivity contribution in [2.45, 2.75) is 31.2 Å². The molecule has 0 aromatic heterocycles. The Morgan fingerprint density at radius 3 is 2.74 bits per heavy atom. The lowest BCUT2D eigenvalue weighted by atomic mass is 10.1. The van der Waals surface area contributed by atoms with E-state index in [1.807, 2.05) is 13.0 Å². The van der Waals surface area contributed by atoms with Gasteiger partial charge >= 0.3 is 0 Å². The smallest absolute Gasteiger partial charge is 0.129 e. The molecule has 0 heterocycles. The lowest BCUT2D eigenvalue weighted by molar-refractivity contribution is 0.437. The zero-order valence-corrected chi connectivity index (χ0v) is 13.2. The van der Waals surface area contributed by atoms with E-state index in [0.717, 1.165) is 35.7 Å². The van der Waals surface area contributed by atoms with Gasteiger partial charge in [0.2, 0.25) is 0 Å². The first-order chi connectivity index (χ1) is 9.06. The molecule has 1 rings (SSSR count). The van der Waals surface area contributed by atoms with E-state index < -0.39 is 0 Å². The van der Waals surface area contributed by atoms with Crippen molar-refractivity contribution in [3.05, 3.63) is 29.6 Å². The molecule has 1 unspecified atom stereocenters. The van der Waals surface area contributed by atoms with E-state index in [1.54, 1.807) is 23.9 Å². The van der Waals surface area contributed by atoms with E-state index in [4.69, 9.17) is 0 Å². The second-order valence-corrected chi connectivity index (χ2v) is 6.12. The van der Waals surface area contributed by atoms with Crippen molar-refractivity contribution in [3.63, 3.8) is 0 Å². The largest absolute Gasteiger partial charge is 0.310 e. The third-order valence-corrected chi connectivity index (χ3v) is 4.00. The zero-order valence-electron chi connectivity index (χ0n) is 12.4. The maximum Gasteiger partial charge on any atom is 0.129 e. The minimum Gasteiger partial charge on any atom is -0.310 e. The van der Waals surface area contributed by atoms with Gasteiger partial charge in [0.25, 0.3) is 0 Å². The molecule has 1 N–H and O–H groups in total. The summed E-state index contributed by atoms with van der Waals surface area (Å²) in [4.78, 5) is 3.20. The van der Waals surface area contributed by atoms with Crippen LogP contribution in [0.2, 0.25) is 0 Å². The van der Waals surface area contributed by atoms with Gasteiger partial charge in [0, 0.05) is 28.8 Å². The highest BCUT2D eigenvalue weighted by Gasteiger charge is 2.15. The molecule has 1 atom stereocenters. The highest BCUT2D eigenvalue weighted by molar-refractivity contribution is 7.99. The summed E-state index contributed by atoms with van der Waals surface area (Å²) in [5.74, 6) is 0.871. The zero-order chi connectivity index (χ0) is 14.3. The first-order valence-corrected chi connectivity index (χ1v) is 7.84. The fourth-order valence-electron chi connectivity index (χ4n) is 1.86. The second-order valence-electron chi connectivity index (χ2n) is 4.98. The number of nitrogens with zero attached hydrogens (tertiary/aromatic N) is 1. The molecule has 0 saturated heterocycles. The van der Waals surface area contributed by atoms with Gasteiger partial charge in [0.15, 0.2) is 0 Å². The summed E-state index contributed by atoms with van der Waals surface area (Å²) < 4.78 is 14.0. The molecule has 0 spiro atoms. The van der Waals surface area contributed by atoms with Crippen LogP contribution in [0.5, 0.6) is 0 Å². The predicted octanol–water partition coefficient (Wildman–Crippen LogP) is 3.54. The molecule has 19 heavy (non-hydrogen) atoms. The third-order valence-electron chi connectivity index (χ3n) is 2.94. The van der Waals surface area contributed by atoms with E-state index in [9.17, 15) is 4.39 Å². The van der Waals surface area contributed by atoms with Crippen molar-refractivity contribution in [2.75, 3.05) is 32.9 Å². The lowest BCUT2D eigenvalue weighted by Crippen LogP contribution is -2.21. The van der Waals surface area contributed by atoms with E-state index in [-0.39, 0.29) is 11.9 Å². The standard InChI is InChI=1S/C15H25FN2S/c1-5-9-17-12(2)15-13(16)7-6-8-14(15)19-11-10-18(3)4/h6-8,12,17H,5,9-11H2,1-4H3. The Balaban J connectivity index is 2.76. The summed E-state index contributed by atoms with van der Waals surface area (Å²) in [5.41, 5.74) is 0.805. The van der Waals surface area contributed by atoms with Crippen LogP contribution in [0.25, 0.3) is 0 Å². The van der Waals surface area contributed by atoms with Crippen molar-refractivity contribution in [3.8, 4) is 0 Å². The van der Waals surface area contributed by atoms with Crippen LogP contribution >= 0.6 is 11.8 Å². The molecule has 0 saturated carbocycles. The Hall–Kier alpha value is -0.580. The SMILES string of the molecule is CCCNC(C)c1c(F)cccc1SCCN(C)C. The van der Waals surface area contributed by atoms with Crippen LogP contribution in [0.4, 0.5) is 4.39 Å². The molecule has 0 radical (unpaired) electrons. The van der Waals surface area contributed by atoms with Crippen molar-refractivity contribution in [1.82, 2.24) is 10.2 Å². The number of benzene rings is 1. The Labute approximate surface area is 120 Å². The van der Waals surface area contributed by atoms with Crippen LogP contribution in [-0.4, -0.2) is 37.8 Å². The topological polar surface area (TPSA) is 15.3 Å². The Morgan fingerprint density at radius 2 is 2.11 bits per heavy atom. The third kappa shape index (κ3) is 5.51. The van der Waals surface area contributed by atoms with Crippen molar-refractivity contribution >= 4 is 11.8 Å². The van der Waals surface area contributed by atoms with Gasteiger partial charge in [-0.05, 0) is 46.1 Å². The van der Waals surface area contributed by atoms with E-state index in [2.05, 4.69) is 31.2 Å². The molecule has 0 aliphatic rings. The summed E-state index contributed by atoms with van der Waals surface area (Å²) in [6, 6.07) is 5.42. The molecule has 0 aliphatic carbocycles. The van der Waals surface area contributed by atoms with Crippen LogP contribution < -0.4 is 5.32 Å². The molecule has 0 amide bonds. The minimum atomic E-state index is -0.106. The lowest BCUT2D eigenvalue weighted by Gasteiger charge is -2.19. The number of rotatable bonds is 8. The van der Waals surface area contributed by atoms with Crippen LogP contribution in [0.1, 0.15) is 31.9 Å². The predicted molar refractivity (Wildman–Crippen MR) is 82.4 cm³/mol. The van der Waals surface area contributed by atoms with E-state index in [1.165, 1.54) is 0 Å². The highest BCUT2D eigenvalue weighted by atomic mass is 32.2. The molecule has 2 nitrogen and oxygen atoms in total. The molecular formula is C15H25FN2S. The maximum atomic E-state index is 14.0. The molecule has 1 aromatic carbocycles. The minimum absolute atomic E-state index is 0.0583. The molecule has 108 valence electrons. The first-order valence-electron chi connectivity index (χ1n) is 6.85.